The summed E-state index contributed by atoms with van der Waals surface area (Å²) in [6.07, 6.45) is 0.308. The number of nitrogens with one attached hydrogen (secondary N) is 4. The number of rotatable bonds is 14. The predicted molar refractivity (Wildman–Crippen MR) is 159 cm³/mol. The van der Waals surface area contributed by atoms with Gasteiger partial charge in [0.25, 0.3) is 4.92 Å². The van der Waals surface area contributed by atoms with E-state index in [9.17, 15) is 33.7 Å². The van der Waals surface area contributed by atoms with Crippen molar-refractivity contribution >= 4 is 46.9 Å². The Morgan fingerprint density at radius 3 is 2.18 bits per heavy atom. The van der Waals surface area contributed by atoms with Crippen LogP contribution in [0.25, 0.3) is 0 Å². The molecule has 45 heavy (non-hydrogen) atoms. The first-order valence-corrected chi connectivity index (χ1v) is 14.4. The van der Waals surface area contributed by atoms with Gasteiger partial charge in [0.15, 0.2) is 0 Å². The number of hydrogen-bond acceptors (Lipinski definition) is 7. The minimum absolute atomic E-state index is 0.0338. The summed E-state index contributed by atoms with van der Waals surface area (Å²) in [7, 11) is 0. The first-order valence-electron chi connectivity index (χ1n) is 14.4. The number of aliphatic carboxylic acids is 1. The van der Waals surface area contributed by atoms with Crippen molar-refractivity contribution < 1.29 is 44.0 Å². The summed E-state index contributed by atoms with van der Waals surface area (Å²) in [5.74, 6) is -4.05. The van der Waals surface area contributed by atoms with E-state index in [2.05, 4.69) is 21.3 Å². The van der Waals surface area contributed by atoms with Gasteiger partial charge >= 0.3 is 11.7 Å². The predicted octanol–water partition coefficient (Wildman–Crippen LogP) is 1.02. The summed E-state index contributed by atoms with van der Waals surface area (Å²) in [6, 6.07) is 10.5. The molecule has 0 bridgehead atoms. The largest absolute Gasteiger partial charge is 0.481 e. The van der Waals surface area contributed by atoms with Crippen LogP contribution in [0.15, 0.2) is 54.6 Å². The van der Waals surface area contributed by atoms with Gasteiger partial charge in [-0.25, -0.2) is 5.21 Å². The summed E-state index contributed by atoms with van der Waals surface area (Å²) in [5, 5.41) is 28.1. The third-order valence-electron chi connectivity index (χ3n) is 7.18. The fourth-order valence-electron chi connectivity index (χ4n) is 4.78. The quantitative estimate of drug-likeness (QED) is 0.165. The molecule has 0 unspecified atom stereocenters. The molecule has 6 N–H and O–H groups in total. The number of carboxylic acid groups (broad SMARTS) is 1. The number of amides is 5. The highest BCUT2D eigenvalue weighted by Crippen LogP contribution is 2.20. The van der Waals surface area contributed by atoms with Gasteiger partial charge in [-0.15, -0.1) is 0 Å². The average molecular weight is 626 g/mol. The molecule has 2 aromatic rings. The Morgan fingerprint density at radius 2 is 1.56 bits per heavy atom. The third kappa shape index (κ3) is 10.1. The Labute approximate surface area is 258 Å². The zero-order valence-corrected chi connectivity index (χ0v) is 24.9. The van der Waals surface area contributed by atoms with Crippen LogP contribution in [0.1, 0.15) is 45.1 Å². The molecule has 4 atom stereocenters. The van der Waals surface area contributed by atoms with Crippen LogP contribution in [0.2, 0.25) is 0 Å². The molecule has 5 amide bonds. The van der Waals surface area contributed by atoms with E-state index in [1.807, 2.05) is 6.07 Å². The number of anilines is 1. The molecule has 1 heterocycles. The number of hydrogen-bond donors (Lipinski definition) is 6. The van der Waals surface area contributed by atoms with Gasteiger partial charge in [0.2, 0.25) is 29.5 Å². The van der Waals surface area contributed by atoms with Crippen molar-refractivity contribution in [1.29, 1.82) is 0 Å². The maximum absolute atomic E-state index is 13.5. The molecular weight excluding hydrogens is 588 g/mol. The van der Waals surface area contributed by atoms with Crippen molar-refractivity contribution in [3.05, 3.63) is 65.1 Å². The van der Waals surface area contributed by atoms with Gasteiger partial charge in [-0.05, 0) is 44.4 Å². The SMILES string of the molecule is C[C@H](NC(=O)CCC(=O)O)C(=O)N[C@@H](C)C(=O)N1CCC[C@H]1C(=O)N[C@@H](Cc1ccccc1)C(=O)Nc1ccc([N+](=O)O)cc1. The number of likely N-dealkylation sites (tertiary alicyclic amines) is 1. The number of carbonyl (C=O) groups is 6. The van der Waals surface area contributed by atoms with Crippen LogP contribution in [0.5, 0.6) is 0 Å². The first-order chi connectivity index (χ1) is 21.3. The van der Waals surface area contributed by atoms with Crippen molar-refractivity contribution in [3.8, 4) is 0 Å². The molecule has 1 aliphatic rings. The second-order valence-corrected chi connectivity index (χ2v) is 10.7. The average Bonchev–Trinajstić information content (AvgIpc) is 3.50. The van der Waals surface area contributed by atoms with E-state index in [-0.39, 0.29) is 36.4 Å². The van der Waals surface area contributed by atoms with Crippen LogP contribution in [0, 0.1) is 4.91 Å². The Hall–Kier alpha value is -5.34. The highest BCUT2D eigenvalue weighted by Gasteiger charge is 2.38. The van der Waals surface area contributed by atoms with E-state index in [0.717, 1.165) is 5.56 Å². The molecule has 0 radical (unpaired) electrons. The molecule has 1 fully saturated rings. The van der Waals surface area contributed by atoms with Gasteiger partial charge in [-0.3, -0.25) is 28.8 Å². The summed E-state index contributed by atoms with van der Waals surface area (Å²) in [4.78, 5) is 87.3. The number of carboxylic acids is 1. The lowest BCUT2D eigenvalue weighted by atomic mass is 10.0. The van der Waals surface area contributed by atoms with Gasteiger partial charge in [-0.2, -0.15) is 0 Å². The topological polar surface area (TPSA) is 214 Å². The fraction of sp³-hybridized carbons (Fsp3) is 0.400. The lowest BCUT2D eigenvalue weighted by Crippen LogP contribution is -2.56. The zero-order valence-electron chi connectivity index (χ0n) is 24.9. The molecule has 0 aliphatic carbocycles. The number of nitrogens with zero attached hydrogens (tertiary/aromatic N) is 2. The van der Waals surface area contributed by atoms with Crippen LogP contribution in [0.4, 0.5) is 11.4 Å². The smallest absolute Gasteiger partial charge is 0.316 e. The van der Waals surface area contributed by atoms with Crippen LogP contribution < -0.4 is 21.3 Å². The fourth-order valence-corrected chi connectivity index (χ4v) is 4.78. The van der Waals surface area contributed by atoms with Crippen molar-refractivity contribution in [3.63, 3.8) is 0 Å². The highest BCUT2D eigenvalue weighted by molar-refractivity contribution is 5.99. The van der Waals surface area contributed by atoms with Crippen LogP contribution in [-0.2, 0) is 35.2 Å². The molecule has 3 rings (SSSR count). The van der Waals surface area contributed by atoms with Crippen LogP contribution in [-0.4, -0.2) is 86.4 Å². The second-order valence-electron chi connectivity index (χ2n) is 10.7. The summed E-state index contributed by atoms with van der Waals surface area (Å²) < 4.78 is 0. The molecule has 2 aromatic carbocycles. The Balaban J connectivity index is 1.65. The standard InChI is InChI=1S/C30H36N6O9/c1-18(31-25(37)14-15-26(38)39)27(40)32-19(2)30(43)35-16-6-9-24(35)29(42)34-23(17-20-7-4-3-5-8-20)28(41)33-21-10-12-22(13-11-21)36(44)45/h3-5,7-8,10-13,18-19,23-24H,6,9,14-17H2,1-2H3,(H5-,31,32,33,34,37,38,39,40,41,42,44,45)/p+1/t18-,19-,23-,24-/m0/s1. The van der Waals surface area contributed by atoms with Gasteiger partial charge in [0.05, 0.1) is 11.3 Å². The maximum atomic E-state index is 13.5. The van der Waals surface area contributed by atoms with Crippen LogP contribution >= 0.6 is 0 Å². The summed E-state index contributed by atoms with van der Waals surface area (Å²) >= 11 is 0. The number of carbonyl (C=O) groups excluding carboxylic acids is 5. The molecular formula is C30H37N6O9+. The lowest BCUT2D eigenvalue weighted by Gasteiger charge is -2.29. The number of benzene rings is 2. The minimum Gasteiger partial charge on any atom is -0.481 e. The van der Waals surface area contributed by atoms with Gasteiger partial charge in [0, 0.05) is 37.2 Å². The zero-order chi connectivity index (χ0) is 33.1. The van der Waals surface area contributed by atoms with E-state index < -0.39 is 59.7 Å². The summed E-state index contributed by atoms with van der Waals surface area (Å²) in [6.45, 7) is 3.10. The Bertz CT molecular complexity index is 1420. The van der Waals surface area contributed by atoms with E-state index in [0.29, 0.717) is 18.5 Å². The van der Waals surface area contributed by atoms with Gasteiger partial charge < -0.3 is 31.3 Å². The van der Waals surface area contributed by atoms with E-state index in [1.54, 1.807) is 24.3 Å². The van der Waals surface area contributed by atoms with E-state index >= 15 is 0 Å². The van der Waals surface area contributed by atoms with Gasteiger partial charge in [0.1, 0.15) is 24.2 Å². The Kier molecular flexibility index (Phi) is 12.1. The van der Waals surface area contributed by atoms with Gasteiger partial charge in [-0.1, -0.05) is 30.3 Å². The molecule has 0 saturated carbocycles. The highest BCUT2D eigenvalue weighted by atomic mass is 16.6. The molecule has 0 spiro atoms. The Morgan fingerprint density at radius 1 is 0.889 bits per heavy atom. The lowest BCUT2D eigenvalue weighted by molar-refractivity contribution is -0.729. The molecule has 1 aliphatic heterocycles. The second kappa shape index (κ2) is 15.9. The minimum atomic E-state index is -1.15. The third-order valence-corrected chi connectivity index (χ3v) is 7.18. The molecule has 15 heteroatoms. The normalized spacial score (nSPS) is 16.0. The van der Waals surface area contributed by atoms with Crippen molar-refractivity contribution in [2.75, 3.05) is 11.9 Å². The van der Waals surface area contributed by atoms with Crippen molar-refractivity contribution in [2.24, 2.45) is 0 Å². The van der Waals surface area contributed by atoms with Crippen LogP contribution in [0.3, 0.4) is 0 Å². The monoisotopic (exact) mass is 625 g/mol. The molecule has 240 valence electrons. The van der Waals surface area contributed by atoms with E-state index in [4.69, 9.17) is 10.3 Å². The van der Waals surface area contributed by atoms with E-state index in [1.165, 1.54) is 43.0 Å². The summed E-state index contributed by atoms with van der Waals surface area (Å²) in [5.41, 5.74) is 1.07. The van der Waals surface area contributed by atoms with Crippen molar-refractivity contribution in [1.82, 2.24) is 20.9 Å². The van der Waals surface area contributed by atoms with Crippen molar-refractivity contribution in [2.45, 2.75) is 70.1 Å². The molecule has 15 nitrogen and oxygen atoms in total. The maximum Gasteiger partial charge on any atom is 0.316 e. The first kappa shape index (κ1) is 34.2. The molecule has 1 saturated heterocycles. The molecule has 0 aromatic heterocycles.